The van der Waals surface area contributed by atoms with Crippen LogP contribution in [0.2, 0.25) is 0 Å². The number of ether oxygens (including phenoxy) is 1. The van der Waals surface area contributed by atoms with Crippen LogP contribution in [-0.2, 0) is 14.3 Å². The Hall–Kier alpha value is -2.42. The minimum Gasteiger partial charge on any atom is -0.465 e. The Morgan fingerprint density at radius 3 is 2.82 bits per heavy atom. The minimum absolute atomic E-state index is 0.0637. The van der Waals surface area contributed by atoms with Gasteiger partial charge >= 0.3 is 5.97 Å². The van der Waals surface area contributed by atoms with Crippen molar-refractivity contribution in [1.82, 2.24) is 0 Å². The molecule has 0 radical (unpaired) electrons. The van der Waals surface area contributed by atoms with Gasteiger partial charge in [0.15, 0.2) is 0 Å². The van der Waals surface area contributed by atoms with Gasteiger partial charge in [-0.1, -0.05) is 48.5 Å². The van der Waals surface area contributed by atoms with Crippen LogP contribution < -0.4 is 0 Å². The standard InChI is InChI=1S/C19H18O3/c1-2-22-18(21)19(11-6-12-20)13-17(19)16-10-5-8-14-7-3-4-9-15(14)16/h3-12,17H,2,13H2,1H3/b11-6+/t17-,19+/m1/s1. The van der Waals surface area contributed by atoms with Crippen molar-refractivity contribution in [1.29, 1.82) is 0 Å². The van der Waals surface area contributed by atoms with Crippen LogP contribution in [0.5, 0.6) is 0 Å². The zero-order valence-corrected chi connectivity index (χ0v) is 12.5. The van der Waals surface area contributed by atoms with Crippen molar-refractivity contribution < 1.29 is 14.3 Å². The van der Waals surface area contributed by atoms with E-state index in [1.807, 2.05) is 18.2 Å². The van der Waals surface area contributed by atoms with Gasteiger partial charge in [0.2, 0.25) is 0 Å². The third kappa shape index (κ3) is 2.33. The Kier molecular flexibility index (Phi) is 3.80. The highest BCUT2D eigenvalue weighted by atomic mass is 16.5. The predicted molar refractivity (Wildman–Crippen MR) is 85.6 cm³/mol. The van der Waals surface area contributed by atoms with Gasteiger partial charge in [-0.2, -0.15) is 0 Å². The number of fused-ring (bicyclic) bond motifs is 1. The van der Waals surface area contributed by atoms with E-state index in [2.05, 4.69) is 24.3 Å². The molecule has 0 amide bonds. The lowest BCUT2D eigenvalue weighted by molar-refractivity contribution is -0.147. The SMILES string of the molecule is CCOC(=O)[C@@]1(/C=C/C=O)C[C@@H]1c1cccc2ccccc12. The monoisotopic (exact) mass is 294 g/mol. The van der Waals surface area contributed by atoms with Gasteiger partial charge in [-0.3, -0.25) is 9.59 Å². The maximum Gasteiger partial charge on any atom is 0.316 e. The summed E-state index contributed by atoms with van der Waals surface area (Å²) in [7, 11) is 0. The summed E-state index contributed by atoms with van der Waals surface area (Å²) in [5.74, 6) is -0.181. The number of aldehydes is 1. The predicted octanol–water partition coefficient (Wildman–Crippen LogP) is 3.63. The van der Waals surface area contributed by atoms with E-state index < -0.39 is 5.41 Å². The van der Waals surface area contributed by atoms with Crippen LogP contribution in [-0.4, -0.2) is 18.9 Å². The van der Waals surface area contributed by atoms with Crippen LogP contribution in [0.25, 0.3) is 10.8 Å². The van der Waals surface area contributed by atoms with Gasteiger partial charge in [0.25, 0.3) is 0 Å². The summed E-state index contributed by atoms with van der Waals surface area (Å²) in [5.41, 5.74) is 0.447. The summed E-state index contributed by atoms with van der Waals surface area (Å²) in [6.45, 7) is 2.14. The molecule has 0 N–H and O–H groups in total. The second-order valence-electron chi connectivity index (χ2n) is 5.58. The molecule has 3 nitrogen and oxygen atoms in total. The lowest BCUT2D eigenvalue weighted by Gasteiger charge is -2.13. The first-order valence-corrected chi connectivity index (χ1v) is 7.51. The summed E-state index contributed by atoms with van der Waals surface area (Å²) >= 11 is 0. The lowest BCUT2D eigenvalue weighted by Crippen LogP contribution is -2.19. The van der Waals surface area contributed by atoms with Crippen molar-refractivity contribution in [3.63, 3.8) is 0 Å². The third-order valence-electron chi connectivity index (χ3n) is 4.33. The van der Waals surface area contributed by atoms with Crippen molar-refractivity contribution in [2.24, 2.45) is 5.41 Å². The van der Waals surface area contributed by atoms with Crippen LogP contribution in [0.3, 0.4) is 0 Å². The maximum atomic E-state index is 12.4. The molecule has 0 spiro atoms. The van der Waals surface area contributed by atoms with Gasteiger partial charge in [-0.25, -0.2) is 0 Å². The topological polar surface area (TPSA) is 43.4 Å². The molecule has 2 aromatic carbocycles. The molecule has 1 fully saturated rings. The molecular formula is C19H18O3. The number of rotatable bonds is 5. The molecule has 0 aromatic heterocycles. The summed E-state index contributed by atoms with van der Waals surface area (Å²) in [4.78, 5) is 23.0. The Morgan fingerprint density at radius 2 is 2.05 bits per heavy atom. The number of hydrogen-bond donors (Lipinski definition) is 0. The Morgan fingerprint density at radius 1 is 1.27 bits per heavy atom. The van der Waals surface area contributed by atoms with Gasteiger partial charge in [0, 0.05) is 5.92 Å². The first-order chi connectivity index (χ1) is 10.7. The summed E-state index contributed by atoms with van der Waals surface area (Å²) in [6, 6.07) is 14.3. The molecule has 1 saturated carbocycles. The van der Waals surface area contributed by atoms with E-state index in [4.69, 9.17) is 4.74 Å². The van der Waals surface area contributed by atoms with Gasteiger partial charge in [0.1, 0.15) is 6.29 Å². The van der Waals surface area contributed by atoms with Gasteiger partial charge in [-0.15, -0.1) is 0 Å². The number of hydrogen-bond acceptors (Lipinski definition) is 3. The molecule has 0 heterocycles. The van der Waals surface area contributed by atoms with E-state index in [-0.39, 0.29) is 11.9 Å². The normalized spacial score (nSPS) is 23.6. The molecule has 0 unspecified atom stereocenters. The first kappa shape index (κ1) is 14.5. The van der Waals surface area contributed by atoms with Gasteiger partial charge in [0.05, 0.1) is 12.0 Å². The van der Waals surface area contributed by atoms with Crippen LogP contribution in [0.15, 0.2) is 54.6 Å². The number of carbonyl (C=O) groups excluding carboxylic acids is 2. The molecule has 2 aromatic rings. The van der Waals surface area contributed by atoms with E-state index in [1.54, 1.807) is 13.0 Å². The second-order valence-corrected chi connectivity index (χ2v) is 5.58. The van der Waals surface area contributed by atoms with Crippen molar-refractivity contribution in [3.8, 4) is 0 Å². The highest BCUT2D eigenvalue weighted by Gasteiger charge is 2.60. The first-order valence-electron chi connectivity index (χ1n) is 7.51. The Balaban J connectivity index is 2.02. The molecular weight excluding hydrogens is 276 g/mol. The quantitative estimate of drug-likeness (QED) is 0.480. The molecule has 112 valence electrons. The fourth-order valence-electron chi connectivity index (χ4n) is 3.17. The number of benzene rings is 2. The minimum atomic E-state index is -0.693. The number of esters is 1. The summed E-state index contributed by atoms with van der Waals surface area (Å²) in [5, 5.41) is 2.31. The molecule has 0 aliphatic heterocycles. The van der Waals surface area contributed by atoms with E-state index in [0.29, 0.717) is 19.3 Å². The largest absolute Gasteiger partial charge is 0.465 e. The number of allylic oxidation sites excluding steroid dienone is 1. The van der Waals surface area contributed by atoms with E-state index in [9.17, 15) is 9.59 Å². The van der Waals surface area contributed by atoms with Crippen molar-refractivity contribution in [2.75, 3.05) is 6.61 Å². The van der Waals surface area contributed by atoms with Crippen LogP contribution in [0.1, 0.15) is 24.8 Å². The van der Waals surface area contributed by atoms with E-state index in [0.717, 1.165) is 16.3 Å². The van der Waals surface area contributed by atoms with Crippen molar-refractivity contribution in [3.05, 3.63) is 60.2 Å². The van der Waals surface area contributed by atoms with Gasteiger partial charge in [-0.05, 0) is 35.8 Å². The molecule has 2 atom stereocenters. The smallest absolute Gasteiger partial charge is 0.316 e. The molecule has 0 saturated heterocycles. The van der Waals surface area contributed by atoms with Crippen LogP contribution >= 0.6 is 0 Å². The fourth-order valence-corrected chi connectivity index (χ4v) is 3.17. The summed E-state index contributed by atoms with van der Waals surface area (Å²) in [6.07, 6.45) is 4.50. The van der Waals surface area contributed by atoms with Crippen molar-refractivity contribution in [2.45, 2.75) is 19.3 Å². The zero-order chi connectivity index (χ0) is 15.6. The third-order valence-corrected chi connectivity index (χ3v) is 4.33. The zero-order valence-electron chi connectivity index (χ0n) is 12.5. The molecule has 3 rings (SSSR count). The summed E-state index contributed by atoms with van der Waals surface area (Å²) < 4.78 is 5.22. The molecule has 3 heteroatoms. The van der Waals surface area contributed by atoms with E-state index in [1.165, 1.54) is 6.08 Å². The average Bonchev–Trinajstić information content (AvgIpc) is 3.28. The number of carbonyl (C=O) groups is 2. The molecule has 0 bridgehead atoms. The molecule has 1 aliphatic carbocycles. The van der Waals surface area contributed by atoms with Crippen LogP contribution in [0.4, 0.5) is 0 Å². The molecule has 1 aliphatic rings. The highest BCUT2D eigenvalue weighted by Crippen LogP contribution is 2.62. The maximum absolute atomic E-state index is 12.4. The second kappa shape index (κ2) is 5.76. The van der Waals surface area contributed by atoms with Crippen molar-refractivity contribution >= 4 is 23.0 Å². The fraction of sp³-hybridized carbons (Fsp3) is 0.263. The average molecular weight is 294 g/mol. The van der Waals surface area contributed by atoms with Gasteiger partial charge < -0.3 is 4.74 Å². The molecule has 22 heavy (non-hydrogen) atoms. The Bertz CT molecular complexity index is 742. The Labute approximate surface area is 129 Å². The van der Waals surface area contributed by atoms with Crippen LogP contribution in [0, 0.1) is 5.41 Å². The van der Waals surface area contributed by atoms with E-state index >= 15 is 0 Å². The lowest BCUT2D eigenvalue weighted by atomic mass is 9.94. The highest BCUT2D eigenvalue weighted by molar-refractivity contribution is 5.91.